The van der Waals surface area contributed by atoms with E-state index in [1.165, 1.54) is 32.5 Å². The standard InChI is InChI=1S/C12H21N/c1-12(2,3)11-6-8-13-7-4-5-10(11)9-13/h6,10H,4-5,7-9H2,1-3H3. The monoisotopic (exact) mass is 179 g/mol. The van der Waals surface area contributed by atoms with Crippen LogP contribution in [0.3, 0.4) is 0 Å². The Labute approximate surface area is 81.8 Å². The zero-order valence-corrected chi connectivity index (χ0v) is 9.14. The molecule has 1 saturated heterocycles. The zero-order chi connectivity index (χ0) is 9.47. The van der Waals surface area contributed by atoms with E-state index in [2.05, 4.69) is 31.7 Å². The van der Waals surface area contributed by atoms with E-state index in [1.807, 2.05) is 0 Å². The average Bonchev–Trinajstić information content (AvgIpc) is 2.02. The highest BCUT2D eigenvalue weighted by Crippen LogP contribution is 2.38. The molecule has 13 heavy (non-hydrogen) atoms. The van der Waals surface area contributed by atoms with Crippen LogP contribution in [0.4, 0.5) is 0 Å². The fourth-order valence-corrected chi connectivity index (χ4v) is 2.79. The summed E-state index contributed by atoms with van der Waals surface area (Å²) in [6, 6.07) is 0. The number of hydrogen-bond donors (Lipinski definition) is 0. The second-order valence-electron chi connectivity index (χ2n) is 5.51. The molecule has 1 heteroatoms. The molecular weight excluding hydrogens is 158 g/mol. The molecule has 0 N–H and O–H groups in total. The highest BCUT2D eigenvalue weighted by atomic mass is 15.1. The van der Waals surface area contributed by atoms with Gasteiger partial charge in [0.15, 0.2) is 0 Å². The first-order valence-corrected chi connectivity index (χ1v) is 5.50. The highest BCUT2D eigenvalue weighted by molar-refractivity contribution is 5.19. The molecule has 2 aliphatic heterocycles. The van der Waals surface area contributed by atoms with Crippen LogP contribution < -0.4 is 0 Å². The largest absolute Gasteiger partial charge is 0.299 e. The summed E-state index contributed by atoms with van der Waals surface area (Å²) >= 11 is 0. The zero-order valence-electron chi connectivity index (χ0n) is 9.14. The van der Waals surface area contributed by atoms with Crippen molar-refractivity contribution >= 4 is 0 Å². The Bertz CT molecular complexity index is 222. The summed E-state index contributed by atoms with van der Waals surface area (Å²) in [5.74, 6) is 0.863. The van der Waals surface area contributed by atoms with Crippen molar-refractivity contribution in [2.45, 2.75) is 33.6 Å². The van der Waals surface area contributed by atoms with E-state index in [-0.39, 0.29) is 0 Å². The van der Waals surface area contributed by atoms with Gasteiger partial charge in [-0.25, -0.2) is 0 Å². The second-order valence-corrected chi connectivity index (χ2v) is 5.51. The number of fused-ring (bicyclic) bond motifs is 2. The third kappa shape index (κ3) is 1.80. The van der Waals surface area contributed by atoms with Gasteiger partial charge in [-0.2, -0.15) is 0 Å². The molecule has 2 atom stereocenters. The van der Waals surface area contributed by atoms with Gasteiger partial charge in [0.2, 0.25) is 0 Å². The lowest BCUT2D eigenvalue weighted by molar-refractivity contribution is 0.176. The maximum absolute atomic E-state index is 2.59. The molecule has 0 spiro atoms. The Hall–Kier alpha value is -0.300. The van der Waals surface area contributed by atoms with Gasteiger partial charge in [0, 0.05) is 13.1 Å². The van der Waals surface area contributed by atoms with Crippen LogP contribution in [0.1, 0.15) is 33.6 Å². The molecule has 0 amide bonds. The Morgan fingerprint density at radius 2 is 2.15 bits per heavy atom. The molecule has 2 bridgehead atoms. The molecule has 0 aromatic carbocycles. The molecule has 74 valence electrons. The summed E-state index contributed by atoms with van der Waals surface area (Å²) in [5, 5.41) is 0. The third-order valence-corrected chi connectivity index (χ3v) is 3.38. The van der Waals surface area contributed by atoms with E-state index < -0.39 is 0 Å². The van der Waals surface area contributed by atoms with Gasteiger partial charge in [0.1, 0.15) is 0 Å². The molecule has 2 heterocycles. The molecule has 1 fully saturated rings. The molecule has 1 nitrogen and oxygen atoms in total. The van der Waals surface area contributed by atoms with Gasteiger partial charge < -0.3 is 0 Å². The van der Waals surface area contributed by atoms with Crippen molar-refractivity contribution in [3.63, 3.8) is 0 Å². The van der Waals surface area contributed by atoms with Crippen LogP contribution in [0.2, 0.25) is 0 Å². The van der Waals surface area contributed by atoms with Crippen molar-refractivity contribution in [1.29, 1.82) is 0 Å². The van der Waals surface area contributed by atoms with E-state index in [4.69, 9.17) is 0 Å². The first kappa shape index (κ1) is 9.26. The summed E-state index contributed by atoms with van der Waals surface area (Å²) in [6.45, 7) is 10.9. The van der Waals surface area contributed by atoms with E-state index in [0.717, 1.165) is 5.92 Å². The van der Waals surface area contributed by atoms with Gasteiger partial charge >= 0.3 is 0 Å². The van der Waals surface area contributed by atoms with E-state index in [0.29, 0.717) is 5.41 Å². The summed E-state index contributed by atoms with van der Waals surface area (Å²) in [4.78, 5) is 2.59. The van der Waals surface area contributed by atoms with Gasteiger partial charge in [-0.05, 0) is 30.7 Å². The quantitative estimate of drug-likeness (QED) is 0.517. The Morgan fingerprint density at radius 3 is 2.85 bits per heavy atom. The molecule has 0 aromatic rings. The minimum atomic E-state index is 0.397. The maximum Gasteiger partial charge on any atom is 0.0166 e. The van der Waals surface area contributed by atoms with Crippen LogP contribution >= 0.6 is 0 Å². The van der Waals surface area contributed by atoms with Crippen LogP contribution in [-0.4, -0.2) is 24.5 Å². The fourth-order valence-electron chi connectivity index (χ4n) is 2.79. The average molecular weight is 179 g/mol. The first-order chi connectivity index (χ1) is 6.07. The normalized spacial score (nSPS) is 34.2. The van der Waals surface area contributed by atoms with Crippen LogP contribution in [0.5, 0.6) is 0 Å². The van der Waals surface area contributed by atoms with Crippen LogP contribution in [0.25, 0.3) is 0 Å². The third-order valence-electron chi connectivity index (χ3n) is 3.38. The van der Waals surface area contributed by atoms with Crippen LogP contribution in [0.15, 0.2) is 11.6 Å². The Balaban J connectivity index is 2.19. The lowest BCUT2D eigenvalue weighted by Gasteiger charge is -2.42. The van der Waals surface area contributed by atoms with E-state index in [9.17, 15) is 0 Å². The van der Waals surface area contributed by atoms with Gasteiger partial charge in [0.25, 0.3) is 0 Å². The van der Waals surface area contributed by atoms with Crippen molar-refractivity contribution in [1.82, 2.24) is 4.90 Å². The van der Waals surface area contributed by atoms with Gasteiger partial charge in [-0.1, -0.05) is 32.4 Å². The molecule has 0 aromatic heterocycles. The molecular formula is C12H21N. The van der Waals surface area contributed by atoms with Crippen molar-refractivity contribution in [2.75, 3.05) is 19.6 Å². The van der Waals surface area contributed by atoms with Gasteiger partial charge in [0.05, 0.1) is 0 Å². The van der Waals surface area contributed by atoms with Gasteiger partial charge in [-0.3, -0.25) is 4.90 Å². The fraction of sp³-hybridized carbons (Fsp3) is 0.833. The van der Waals surface area contributed by atoms with Crippen LogP contribution in [-0.2, 0) is 0 Å². The predicted molar refractivity (Wildman–Crippen MR) is 56.7 cm³/mol. The molecule has 0 saturated carbocycles. The van der Waals surface area contributed by atoms with Crippen molar-refractivity contribution in [3.8, 4) is 0 Å². The number of rotatable bonds is 0. The molecule has 2 aliphatic rings. The van der Waals surface area contributed by atoms with Gasteiger partial charge in [-0.15, -0.1) is 0 Å². The predicted octanol–water partition coefficient (Wildman–Crippen LogP) is 2.68. The topological polar surface area (TPSA) is 3.24 Å². The van der Waals surface area contributed by atoms with Crippen LogP contribution in [0, 0.1) is 11.3 Å². The summed E-state index contributed by atoms with van der Waals surface area (Å²) in [7, 11) is 0. The SMILES string of the molecule is CC(C)(C)C1=CCN2CCCC1C2. The summed E-state index contributed by atoms with van der Waals surface area (Å²) in [5.41, 5.74) is 2.11. The van der Waals surface area contributed by atoms with E-state index in [1.54, 1.807) is 5.57 Å². The van der Waals surface area contributed by atoms with Crippen molar-refractivity contribution in [3.05, 3.63) is 11.6 Å². The Kier molecular flexibility index (Phi) is 2.23. The molecule has 0 radical (unpaired) electrons. The number of piperidine rings is 1. The highest BCUT2D eigenvalue weighted by Gasteiger charge is 2.31. The molecule has 2 unspecified atom stereocenters. The van der Waals surface area contributed by atoms with E-state index >= 15 is 0 Å². The summed E-state index contributed by atoms with van der Waals surface area (Å²) in [6.07, 6.45) is 5.30. The Morgan fingerprint density at radius 1 is 1.38 bits per heavy atom. The van der Waals surface area contributed by atoms with Crippen molar-refractivity contribution in [2.24, 2.45) is 11.3 Å². The number of nitrogens with zero attached hydrogens (tertiary/aromatic N) is 1. The minimum absolute atomic E-state index is 0.397. The second kappa shape index (κ2) is 3.13. The molecule has 0 aliphatic carbocycles. The smallest absolute Gasteiger partial charge is 0.0166 e. The molecule has 2 rings (SSSR count). The first-order valence-electron chi connectivity index (χ1n) is 5.50. The lowest BCUT2D eigenvalue weighted by atomic mass is 9.74. The summed E-state index contributed by atoms with van der Waals surface area (Å²) < 4.78 is 0. The lowest BCUT2D eigenvalue weighted by Crippen LogP contribution is -2.42. The number of hydrogen-bond acceptors (Lipinski definition) is 1. The maximum atomic E-state index is 2.59. The minimum Gasteiger partial charge on any atom is -0.299 e. The van der Waals surface area contributed by atoms with Crippen molar-refractivity contribution < 1.29 is 0 Å².